The van der Waals surface area contributed by atoms with Gasteiger partial charge in [-0.05, 0) is 63.2 Å². The number of ether oxygens (including phenoxy) is 1. The van der Waals surface area contributed by atoms with Gasteiger partial charge >= 0.3 is 0 Å². The topological polar surface area (TPSA) is 50.4 Å². The van der Waals surface area contributed by atoms with Crippen LogP contribution in [-0.2, 0) is 17.6 Å². The molecule has 1 amide bonds. The first-order chi connectivity index (χ1) is 11.2. The van der Waals surface area contributed by atoms with Crippen molar-refractivity contribution in [1.29, 1.82) is 0 Å². The Labute approximate surface area is 143 Å². The lowest BCUT2D eigenvalue weighted by atomic mass is 9.79. The second-order valence-corrected chi connectivity index (χ2v) is 8.12. The van der Waals surface area contributed by atoms with E-state index in [-0.39, 0.29) is 11.3 Å². The van der Waals surface area contributed by atoms with Gasteiger partial charge in [0.05, 0.1) is 11.5 Å². The smallest absolute Gasteiger partial charge is 0.261 e. The quantitative estimate of drug-likeness (QED) is 0.813. The molecule has 1 aliphatic carbocycles. The minimum absolute atomic E-state index is 0.0873. The Balaban J connectivity index is 1.62. The summed E-state index contributed by atoms with van der Waals surface area (Å²) in [5.41, 5.74) is 1.50. The molecule has 2 heterocycles. The van der Waals surface area contributed by atoms with Gasteiger partial charge in [0.1, 0.15) is 0 Å². The normalized spacial score (nSPS) is 20.6. The Morgan fingerprint density at radius 2 is 2.09 bits per heavy atom. The Hall–Kier alpha value is -0.910. The predicted molar refractivity (Wildman–Crippen MR) is 94.3 cm³/mol. The second kappa shape index (κ2) is 7.77. The summed E-state index contributed by atoms with van der Waals surface area (Å²) < 4.78 is 5.43. The molecule has 5 heteroatoms. The first-order valence-electron chi connectivity index (χ1n) is 8.82. The molecule has 1 aromatic rings. The second-order valence-electron chi connectivity index (χ2n) is 6.99. The molecule has 0 saturated carbocycles. The standard InChI is InChI=1S/C18H28N2O2S/c1-22-13-18(7-9-19-10-8-18)12-20-17(21)16-11-14-5-3-2-4-6-15(14)23-16/h11,19H,2-10,12-13H2,1H3,(H,20,21). The highest BCUT2D eigenvalue weighted by atomic mass is 32.1. The number of amides is 1. The lowest BCUT2D eigenvalue weighted by Crippen LogP contribution is -2.47. The van der Waals surface area contributed by atoms with Gasteiger partial charge in [-0.25, -0.2) is 0 Å². The van der Waals surface area contributed by atoms with Crippen LogP contribution in [0.3, 0.4) is 0 Å². The molecule has 1 fully saturated rings. The molecular formula is C18H28N2O2S. The van der Waals surface area contributed by atoms with E-state index in [2.05, 4.69) is 16.7 Å². The highest BCUT2D eigenvalue weighted by Gasteiger charge is 2.32. The fraction of sp³-hybridized carbons (Fsp3) is 0.722. The largest absolute Gasteiger partial charge is 0.384 e. The molecule has 0 spiro atoms. The Kier molecular flexibility index (Phi) is 5.72. The van der Waals surface area contributed by atoms with E-state index in [1.165, 1.54) is 29.7 Å². The molecule has 1 aromatic heterocycles. The molecule has 0 atom stereocenters. The molecule has 2 aliphatic rings. The highest BCUT2D eigenvalue weighted by Crippen LogP contribution is 2.30. The van der Waals surface area contributed by atoms with Crippen LogP contribution < -0.4 is 10.6 Å². The number of rotatable bonds is 5. The van der Waals surface area contributed by atoms with Gasteiger partial charge in [-0.2, -0.15) is 0 Å². The summed E-state index contributed by atoms with van der Waals surface area (Å²) in [4.78, 5) is 14.9. The molecule has 0 unspecified atom stereocenters. The molecule has 0 radical (unpaired) electrons. The monoisotopic (exact) mass is 336 g/mol. The first kappa shape index (κ1) is 16.9. The van der Waals surface area contributed by atoms with Crippen molar-refractivity contribution >= 4 is 17.2 Å². The van der Waals surface area contributed by atoms with E-state index >= 15 is 0 Å². The van der Waals surface area contributed by atoms with Crippen LogP contribution in [0.15, 0.2) is 6.07 Å². The zero-order valence-corrected chi connectivity index (χ0v) is 14.9. The average Bonchev–Trinajstić information content (AvgIpc) is 2.85. The third-order valence-electron chi connectivity index (χ3n) is 5.21. The Morgan fingerprint density at radius 1 is 1.30 bits per heavy atom. The maximum Gasteiger partial charge on any atom is 0.261 e. The zero-order valence-electron chi connectivity index (χ0n) is 14.1. The van der Waals surface area contributed by atoms with E-state index in [9.17, 15) is 4.79 Å². The molecule has 0 bridgehead atoms. The number of methoxy groups -OCH3 is 1. The SMILES string of the molecule is COCC1(CNC(=O)c2cc3c(s2)CCCCC3)CCNCC1. The van der Waals surface area contributed by atoms with Crippen molar-refractivity contribution in [3.8, 4) is 0 Å². The van der Waals surface area contributed by atoms with Crippen molar-refractivity contribution < 1.29 is 9.53 Å². The van der Waals surface area contributed by atoms with Gasteiger partial charge in [-0.15, -0.1) is 11.3 Å². The lowest BCUT2D eigenvalue weighted by molar-refractivity contribution is 0.0512. The van der Waals surface area contributed by atoms with Crippen LogP contribution in [0, 0.1) is 5.41 Å². The molecule has 2 N–H and O–H groups in total. The van der Waals surface area contributed by atoms with Gasteiger partial charge in [0.2, 0.25) is 0 Å². The van der Waals surface area contributed by atoms with Crippen molar-refractivity contribution in [2.75, 3.05) is 33.4 Å². The van der Waals surface area contributed by atoms with Crippen molar-refractivity contribution in [3.05, 3.63) is 21.4 Å². The van der Waals surface area contributed by atoms with Crippen LogP contribution >= 0.6 is 11.3 Å². The van der Waals surface area contributed by atoms with Crippen LogP contribution in [0.4, 0.5) is 0 Å². The molecule has 1 aliphatic heterocycles. The number of carbonyl (C=O) groups excluding carboxylic acids is 1. The minimum atomic E-state index is 0.0873. The van der Waals surface area contributed by atoms with Gasteiger partial charge < -0.3 is 15.4 Å². The van der Waals surface area contributed by atoms with E-state index in [4.69, 9.17) is 4.74 Å². The predicted octanol–water partition coefficient (Wildman–Crippen LogP) is 2.76. The van der Waals surface area contributed by atoms with Crippen molar-refractivity contribution in [2.24, 2.45) is 5.41 Å². The summed E-state index contributed by atoms with van der Waals surface area (Å²) in [7, 11) is 1.75. The molecule has 1 saturated heterocycles. The molecule has 23 heavy (non-hydrogen) atoms. The fourth-order valence-electron chi connectivity index (χ4n) is 3.77. The number of hydrogen-bond donors (Lipinski definition) is 2. The van der Waals surface area contributed by atoms with Gasteiger partial charge in [0, 0.05) is 23.9 Å². The summed E-state index contributed by atoms with van der Waals surface area (Å²) in [5.74, 6) is 0.0945. The summed E-state index contributed by atoms with van der Waals surface area (Å²) >= 11 is 1.70. The number of thiophene rings is 1. The van der Waals surface area contributed by atoms with Crippen LogP contribution in [-0.4, -0.2) is 39.3 Å². The van der Waals surface area contributed by atoms with Crippen molar-refractivity contribution in [3.63, 3.8) is 0 Å². The summed E-state index contributed by atoms with van der Waals surface area (Å²) in [6.45, 7) is 3.44. The Bertz CT molecular complexity index is 506. The number of aryl methyl sites for hydroxylation is 2. The van der Waals surface area contributed by atoms with Gasteiger partial charge in [-0.3, -0.25) is 4.79 Å². The van der Waals surface area contributed by atoms with Gasteiger partial charge in [0.25, 0.3) is 5.91 Å². The Morgan fingerprint density at radius 3 is 2.87 bits per heavy atom. The number of fused-ring (bicyclic) bond motifs is 1. The van der Waals surface area contributed by atoms with Crippen molar-refractivity contribution in [2.45, 2.75) is 44.9 Å². The molecule has 3 rings (SSSR count). The van der Waals surface area contributed by atoms with E-state index in [0.717, 1.165) is 50.3 Å². The minimum Gasteiger partial charge on any atom is -0.384 e. The maximum atomic E-state index is 12.6. The van der Waals surface area contributed by atoms with Crippen LogP contribution in [0.25, 0.3) is 0 Å². The van der Waals surface area contributed by atoms with E-state index < -0.39 is 0 Å². The zero-order chi connectivity index (χ0) is 16.1. The summed E-state index contributed by atoms with van der Waals surface area (Å²) in [5, 5.41) is 6.57. The third kappa shape index (κ3) is 4.14. The van der Waals surface area contributed by atoms with Crippen LogP contribution in [0.1, 0.15) is 52.2 Å². The molecule has 128 valence electrons. The number of nitrogens with one attached hydrogen (secondary N) is 2. The van der Waals surface area contributed by atoms with E-state index in [1.54, 1.807) is 18.4 Å². The molecule has 4 nitrogen and oxygen atoms in total. The summed E-state index contributed by atoms with van der Waals surface area (Å²) in [6, 6.07) is 2.13. The fourth-order valence-corrected chi connectivity index (χ4v) is 4.94. The average molecular weight is 337 g/mol. The highest BCUT2D eigenvalue weighted by molar-refractivity contribution is 7.14. The number of carbonyl (C=O) groups is 1. The van der Waals surface area contributed by atoms with Gasteiger partial charge in [0.15, 0.2) is 0 Å². The van der Waals surface area contributed by atoms with Crippen molar-refractivity contribution in [1.82, 2.24) is 10.6 Å². The number of piperidine rings is 1. The maximum absolute atomic E-state index is 12.6. The van der Waals surface area contributed by atoms with Crippen LogP contribution in [0.2, 0.25) is 0 Å². The van der Waals surface area contributed by atoms with E-state index in [0.29, 0.717) is 6.54 Å². The molecule has 0 aromatic carbocycles. The lowest BCUT2D eigenvalue weighted by Gasteiger charge is -2.37. The third-order valence-corrected chi connectivity index (χ3v) is 6.44. The summed E-state index contributed by atoms with van der Waals surface area (Å²) in [6.07, 6.45) is 8.23. The van der Waals surface area contributed by atoms with E-state index in [1.807, 2.05) is 0 Å². The first-order valence-corrected chi connectivity index (χ1v) is 9.64. The molecular weight excluding hydrogens is 308 g/mol. The number of hydrogen-bond acceptors (Lipinski definition) is 4. The van der Waals surface area contributed by atoms with Crippen LogP contribution in [0.5, 0.6) is 0 Å². The van der Waals surface area contributed by atoms with Gasteiger partial charge in [-0.1, -0.05) is 6.42 Å².